The van der Waals surface area contributed by atoms with Gasteiger partial charge in [-0.15, -0.1) is 0 Å². The van der Waals surface area contributed by atoms with E-state index in [-0.39, 0.29) is 5.75 Å². The van der Waals surface area contributed by atoms with Gasteiger partial charge in [0.05, 0.1) is 5.75 Å². The summed E-state index contributed by atoms with van der Waals surface area (Å²) in [4.78, 5) is 2.07. The van der Waals surface area contributed by atoms with Crippen LogP contribution in [0.3, 0.4) is 0 Å². The van der Waals surface area contributed by atoms with Crippen LogP contribution in [0, 0.1) is 0 Å². The Kier molecular flexibility index (Phi) is 7.13. The Labute approximate surface area is 94.0 Å². The molecule has 5 heteroatoms. The van der Waals surface area contributed by atoms with Crippen molar-refractivity contribution < 1.29 is 8.42 Å². The summed E-state index contributed by atoms with van der Waals surface area (Å²) >= 11 is 0. The molecule has 0 aliphatic rings. The lowest BCUT2D eigenvalue weighted by molar-refractivity contribution is 0.299. The fourth-order valence-corrected chi connectivity index (χ4v) is 2.06. The summed E-state index contributed by atoms with van der Waals surface area (Å²) < 4.78 is 21.9. The molecule has 0 aromatic carbocycles. The van der Waals surface area contributed by atoms with Gasteiger partial charge in [0.15, 0.2) is 0 Å². The second-order valence-electron chi connectivity index (χ2n) is 4.05. The summed E-state index contributed by atoms with van der Waals surface area (Å²) in [6.45, 7) is 6.69. The third-order valence-corrected chi connectivity index (χ3v) is 3.29. The van der Waals surface area contributed by atoms with Crippen LogP contribution in [0.15, 0.2) is 0 Å². The standard InChI is InChI=1S/C10H24N2O2S/c1-5-10(11-6-2)9-12(3)7-8-15(4,13)14/h10-11H,5-9H2,1-4H3. The molecule has 0 amide bonds. The van der Waals surface area contributed by atoms with Crippen LogP contribution in [0.1, 0.15) is 20.3 Å². The van der Waals surface area contributed by atoms with Crippen LogP contribution >= 0.6 is 0 Å². The molecule has 0 radical (unpaired) electrons. The number of nitrogens with one attached hydrogen (secondary N) is 1. The van der Waals surface area contributed by atoms with E-state index in [1.807, 2.05) is 7.05 Å². The zero-order valence-electron chi connectivity index (χ0n) is 10.3. The Bertz CT molecular complexity index is 252. The number of likely N-dealkylation sites (N-methyl/N-ethyl adjacent to an activating group) is 2. The molecular formula is C10H24N2O2S. The molecule has 1 N–H and O–H groups in total. The van der Waals surface area contributed by atoms with E-state index in [0.29, 0.717) is 12.6 Å². The highest BCUT2D eigenvalue weighted by molar-refractivity contribution is 7.90. The van der Waals surface area contributed by atoms with Gasteiger partial charge in [-0.2, -0.15) is 0 Å². The minimum Gasteiger partial charge on any atom is -0.313 e. The van der Waals surface area contributed by atoms with Crippen LogP contribution in [-0.4, -0.2) is 58.1 Å². The SMILES string of the molecule is CCNC(CC)CN(C)CCS(C)(=O)=O. The number of rotatable bonds is 8. The van der Waals surface area contributed by atoms with Crippen molar-refractivity contribution in [2.75, 3.05) is 38.7 Å². The minimum atomic E-state index is -2.84. The highest BCUT2D eigenvalue weighted by Crippen LogP contribution is 1.95. The van der Waals surface area contributed by atoms with Crippen molar-refractivity contribution in [1.29, 1.82) is 0 Å². The maximum absolute atomic E-state index is 11.0. The van der Waals surface area contributed by atoms with Gasteiger partial charge in [-0.1, -0.05) is 13.8 Å². The lowest BCUT2D eigenvalue weighted by Gasteiger charge is -2.23. The molecule has 0 aliphatic carbocycles. The first-order valence-electron chi connectivity index (χ1n) is 5.48. The van der Waals surface area contributed by atoms with E-state index in [4.69, 9.17) is 0 Å². The normalized spacial score (nSPS) is 14.5. The molecule has 0 rings (SSSR count). The number of sulfone groups is 1. The first-order chi connectivity index (χ1) is 6.89. The third kappa shape index (κ3) is 8.84. The topological polar surface area (TPSA) is 49.4 Å². The zero-order valence-corrected chi connectivity index (χ0v) is 11.1. The summed E-state index contributed by atoms with van der Waals surface area (Å²) in [6.07, 6.45) is 2.35. The molecule has 0 aliphatic heterocycles. The lowest BCUT2D eigenvalue weighted by Crippen LogP contribution is -2.40. The number of hydrogen-bond acceptors (Lipinski definition) is 4. The average Bonchev–Trinajstić information content (AvgIpc) is 2.13. The van der Waals surface area contributed by atoms with Crippen LogP contribution in [0.4, 0.5) is 0 Å². The van der Waals surface area contributed by atoms with Crippen molar-refractivity contribution in [3.63, 3.8) is 0 Å². The Hall–Kier alpha value is -0.130. The van der Waals surface area contributed by atoms with E-state index in [0.717, 1.165) is 19.5 Å². The molecule has 0 spiro atoms. The van der Waals surface area contributed by atoms with E-state index in [1.165, 1.54) is 6.26 Å². The summed E-state index contributed by atoms with van der Waals surface area (Å²) in [6, 6.07) is 0.458. The number of nitrogens with zero attached hydrogens (tertiary/aromatic N) is 1. The average molecular weight is 236 g/mol. The molecule has 0 saturated carbocycles. The molecule has 0 aromatic rings. The monoisotopic (exact) mass is 236 g/mol. The molecule has 1 atom stereocenters. The zero-order chi connectivity index (χ0) is 11.9. The maximum atomic E-state index is 11.0. The van der Waals surface area contributed by atoms with Gasteiger partial charge in [-0.3, -0.25) is 0 Å². The van der Waals surface area contributed by atoms with E-state index >= 15 is 0 Å². The largest absolute Gasteiger partial charge is 0.313 e. The van der Waals surface area contributed by atoms with Crippen molar-refractivity contribution in [2.45, 2.75) is 26.3 Å². The van der Waals surface area contributed by atoms with E-state index in [1.54, 1.807) is 0 Å². The predicted octanol–water partition coefficient (Wildman–Crippen LogP) is 0.351. The quantitative estimate of drug-likeness (QED) is 0.661. The molecule has 0 bridgehead atoms. The fraction of sp³-hybridized carbons (Fsp3) is 1.00. The van der Waals surface area contributed by atoms with Crippen molar-refractivity contribution in [3.8, 4) is 0 Å². The van der Waals surface area contributed by atoms with Gasteiger partial charge in [0, 0.05) is 25.4 Å². The molecule has 15 heavy (non-hydrogen) atoms. The first kappa shape index (κ1) is 14.9. The van der Waals surface area contributed by atoms with Crippen LogP contribution in [-0.2, 0) is 9.84 Å². The van der Waals surface area contributed by atoms with Gasteiger partial charge in [-0.05, 0) is 20.0 Å². The van der Waals surface area contributed by atoms with Crippen LogP contribution in [0.2, 0.25) is 0 Å². The summed E-state index contributed by atoms with van der Waals surface area (Å²) in [7, 11) is -0.873. The van der Waals surface area contributed by atoms with E-state index in [2.05, 4.69) is 24.1 Å². The molecule has 0 aromatic heterocycles. The molecule has 0 saturated heterocycles. The highest BCUT2D eigenvalue weighted by atomic mass is 32.2. The Morgan fingerprint density at radius 1 is 1.33 bits per heavy atom. The van der Waals surface area contributed by atoms with E-state index < -0.39 is 9.84 Å². The van der Waals surface area contributed by atoms with Crippen LogP contribution < -0.4 is 5.32 Å². The lowest BCUT2D eigenvalue weighted by atomic mass is 10.2. The summed E-state index contributed by atoms with van der Waals surface area (Å²) in [5, 5.41) is 3.37. The molecular weight excluding hydrogens is 212 g/mol. The Balaban J connectivity index is 3.85. The summed E-state index contributed by atoms with van der Waals surface area (Å²) in [5.41, 5.74) is 0. The first-order valence-corrected chi connectivity index (χ1v) is 7.54. The van der Waals surface area contributed by atoms with Gasteiger partial charge < -0.3 is 10.2 Å². The second kappa shape index (κ2) is 7.19. The maximum Gasteiger partial charge on any atom is 0.148 e. The van der Waals surface area contributed by atoms with Crippen LogP contribution in [0.25, 0.3) is 0 Å². The van der Waals surface area contributed by atoms with Crippen molar-refractivity contribution in [3.05, 3.63) is 0 Å². The van der Waals surface area contributed by atoms with Crippen molar-refractivity contribution in [1.82, 2.24) is 10.2 Å². The predicted molar refractivity (Wildman–Crippen MR) is 65.0 cm³/mol. The van der Waals surface area contributed by atoms with Gasteiger partial charge in [0.25, 0.3) is 0 Å². The molecule has 0 fully saturated rings. The molecule has 92 valence electrons. The van der Waals surface area contributed by atoms with Crippen molar-refractivity contribution in [2.24, 2.45) is 0 Å². The highest BCUT2D eigenvalue weighted by Gasteiger charge is 2.10. The third-order valence-electron chi connectivity index (χ3n) is 2.36. The number of hydrogen-bond donors (Lipinski definition) is 1. The van der Waals surface area contributed by atoms with E-state index in [9.17, 15) is 8.42 Å². The van der Waals surface area contributed by atoms with Crippen molar-refractivity contribution >= 4 is 9.84 Å². The Morgan fingerprint density at radius 3 is 2.33 bits per heavy atom. The van der Waals surface area contributed by atoms with Crippen LogP contribution in [0.5, 0.6) is 0 Å². The summed E-state index contributed by atoms with van der Waals surface area (Å²) in [5.74, 6) is 0.242. The fourth-order valence-electron chi connectivity index (χ4n) is 1.42. The molecule has 1 unspecified atom stereocenters. The Morgan fingerprint density at radius 2 is 1.93 bits per heavy atom. The van der Waals surface area contributed by atoms with Gasteiger partial charge in [0.2, 0.25) is 0 Å². The minimum absolute atomic E-state index is 0.242. The molecule has 0 heterocycles. The molecule has 4 nitrogen and oxygen atoms in total. The second-order valence-corrected chi connectivity index (χ2v) is 6.31. The smallest absolute Gasteiger partial charge is 0.148 e. The van der Waals surface area contributed by atoms with Gasteiger partial charge in [-0.25, -0.2) is 8.42 Å². The van der Waals surface area contributed by atoms with Gasteiger partial charge in [0.1, 0.15) is 9.84 Å². The van der Waals surface area contributed by atoms with Gasteiger partial charge >= 0.3 is 0 Å².